The van der Waals surface area contributed by atoms with Crippen molar-refractivity contribution in [2.75, 3.05) is 25.4 Å². The fraction of sp³-hybridized carbons (Fsp3) is 0.412. The van der Waals surface area contributed by atoms with E-state index in [1.165, 1.54) is 0 Å². The molecular weight excluding hydrogens is 310 g/mol. The van der Waals surface area contributed by atoms with Gasteiger partial charge in [-0.15, -0.1) is 0 Å². The molecule has 0 spiro atoms. The zero-order valence-electron chi connectivity index (χ0n) is 13.2. The molecule has 0 radical (unpaired) electrons. The highest BCUT2D eigenvalue weighted by atomic mass is 16.6. The molecule has 1 fully saturated rings. The van der Waals surface area contributed by atoms with E-state index < -0.39 is 6.10 Å². The third-order valence-electron chi connectivity index (χ3n) is 4.56. The van der Waals surface area contributed by atoms with Gasteiger partial charge in [-0.05, 0) is 25.0 Å². The van der Waals surface area contributed by atoms with Crippen molar-refractivity contribution in [3.8, 4) is 11.5 Å². The molecule has 0 saturated carbocycles. The van der Waals surface area contributed by atoms with Crippen LogP contribution in [-0.4, -0.2) is 41.8 Å². The largest absolute Gasteiger partial charge is 0.485 e. The number of anilines is 1. The number of nitrogens with two attached hydrogens (primary N) is 1. The summed E-state index contributed by atoms with van der Waals surface area (Å²) in [7, 11) is 0. The van der Waals surface area contributed by atoms with E-state index in [4.69, 9.17) is 19.7 Å². The number of nitrogens with zero attached hydrogens (tertiary/aromatic N) is 2. The van der Waals surface area contributed by atoms with Crippen molar-refractivity contribution in [3.05, 3.63) is 36.0 Å². The zero-order valence-corrected chi connectivity index (χ0v) is 13.2. The fourth-order valence-electron chi connectivity index (χ4n) is 3.24. The number of nitrogen functional groups attached to an aromatic ring is 1. The summed E-state index contributed by atoms with van der Waals surface area (Å²) in [6.07, 6.45) is 1.09. The average molecular weight is 329 g/mol. The van der Waals surface area contributed by atoms with Gasteiger partial charge in [-0.3, -0.25) is 4.79 Å². The molecular formula is C17H19N3O4. The number of piperidine rings is 1. The number of para-hydroxylation sites is 2. The van der Waals surface area contributed by atoms with Crippen LogP contribution in [0.4, 0.5) is 5.88 Å². The van der Waals surface area contributed by atoms with E-state index in [0.717, 1.165) is 18.5 Å². The van der Waals surface area contributed by atoms with Crippen molar-refractivity contribution in [1.82, 2.24) is 10.1 Å². The van der Waals surface area contributed by atoms with E-state index in [0.29, 0.717) is 30.5 Å². The summed E-state index contributed by atoms with van der Waals surface area (Å²) in [6.45, 7) is 1.57. The highest BCUT2D eigenvalue weighted by Crippen LogP contribution is 2.32. The number of rotatable bonds is 2. The Hall–Kier alpha value is -2.70. The molecule has 2 aliphatic rings. The zero-order chi connectivity index (χ0) is 16.5. The van der Waals surface area contributed by atoms with Gasteiger partial charge < -0.3 is 24.6 Å². The molecule has 7 nitrogen and oxygen atoms in total. The van der Waals surface area contributed by atoms with Gasteiger partial charge in [0.05, 0.1) is 5.69 Å². The molecule has 7 heteroatoms. The summed E-state index contributed by atoms with van der Waals surface area (Å²) in [5.41, 5.74) is 6.44. The first-order chi connectivity index (χ1) is 11.7. The van der Waals surface area contributed by atoms with Crippen LogP contribution in [0.3, 0.4) is 0 Å². The van der Waals surface area contributed by atoms with Crippen LogP contribution in [0.1, 0.15) is 24.5 Å². The van der Waals surface area contributed by atoms with Crippen molar-refractivity contribution in [3.63, 3.8) is 0 Å². The second-order valence-corrected chi connectivity index (χ2v) is 6.12. The number of hydrogen-bond acceptors (Lipinski definition) is 6. The topological polar surface area (TPSA) is 90.8 Å². The van der Waals surface area contributed by atoms with Gasteiger partial charge in [0.1, 0.15) is 6.61 Å². The SMILES string of the molecule is Nc1cc(C2CCN(C(=O)C3COc4ccccc4O3)CC2)no1. The Kier molecular flexibility index (Phi) is 3.76. The van der Waals surface area contributed by atoms with Gasteiger partial charge in [0.25, 0.3) is 5.91 Å². The maximum absolute atomic E-state index is 12.7. The lowest BCUT2D eigenvalue weighted by Crippen LogP contribution is -2.48. The minimum atomic E-state index is -0.584. The van der Waals surface area contributed by atoms with Gasteiger partial charge in [0, 0.05) is 25.1 Å². The molecule has 1 aromatic carbocycles. The molecule has 2 N–H and O–H groups in total. The average Bonchev–Trinajstić information content (AvgIpc) is 3.07. The second-order valence-electron chi connectivity index (χ2n) is 6.12. The highest BCUT2D eigenvalue weighted by molar-refractivity contribution is 5.82. The summed E-state index contributed by atoms with van der Waals surface area (Å²) in [5.74, 6) is 1.89. The maximum Gasteiger partial charge on any atom is 0.267 e. The van der Waals surface area contributed by atoms with Crippen LogP contribution in [0.5, 0.6) is 11.5 Å². The van der Waals surface area contributed by atoms with Crippen molar-refractivity contribution in [1.29, 1.82) is 0 Å². The Balaban J connectivity index is 1.37. The first-order valence-electron chi connectivity index (χ1n) is 8.10. The number of aromatic nitrogens is 1. The van der Waals surface area contributed by atoms with Crippen molar-refractivity contribution >= 4 is 11.8 Å². The van der Waals surface area contributed by atoms with E-state index in [2.05, 4.69) is 5.16 Å². The molecule has 3 heterocycles. The minimum Gasteiger partial charge on any atom is -0.485 e. The summed E-state index contributed by atoms with van der Waals surface area (Å²) >= 11 is 0. The Labute approximate surface area is 139 Å². The van der Waals surface area contributed by atoms with E-state index in [1.54, 1.807) is 6.07 Å². The minimum absolute atomic E-state index is 0.0254. The van der Waals surface area contributed by atoms with Crippen molar-refractivity contribution in [2.45, 2.75) is 24.9 Å². The Morgan fingerprint density at radius 3 is 2.67 bits per heavy atom. The summed E-state index contributed by atoms with van der Waals surface area (Å²) in [5, 5.41) is 3.98. The quantitative estimate of drug-likeness (QED) is 0.903. The lowest BCUT2D eigenvalue weighted by molar-refractivity contribution is -0.142. The molecule has 1 unspecified atom stereocenters. The van der Waals surface area contributed by atoms with Crippen LogP contribution in [0, 0.1) is 0 Å². The number of hydrogen-bond donors (Lipinski definition) is 1. The van der Waals surface area contributed by atoms with Gasteiger partial charge in [0.2, 0.25) is 12.0 Å². The number of likely N-dealkylation sites (tertiary alicyclic amines) is 1. The number of ether oxygens (including phenoxy) is 2. The molecule has 2 aromatic rings. The first kappa shape index (κ1) is 14.9. The molecule has 1 aromatic heterocycles. The number of fused-ring (bicyclic) bond motifs is 1. The van der Waals surface area contributed by atoms with Crippen LogP contribution >= 0.6 is 0 Å². The van der Waals surface area contributed by atoms with Crippen molar-refractivity contribution in [2.24, 2.45) is 0 Å². The predicted octanol–water partition coefficient (Wildman–Crippen LogP) is 1.80. The normalized spacial score (nSPS) is 20.8. The van der Waals surface area contributed by atoms with E-state index >= 15 is 0 Å². The van der Waals surface area contributed by atoms with E-state index in [1.807, 2.05) is 29.2 Å². The summed E-state index contributed by atoms with van der Waals surface area (Å²) < 4.78 is 16.4. The lowest BCUT2D eigenvalue weighted by atomic mass is 9.93. The Morgan fingerprint density at radius 2 is 1.96 bits per heavy atom. The molecule has 1 saturated heterocycles. The molecule has 24 heavy (non-hydrogen) atoms. The van der Waals surface area contributed by atoms with Crippen LogP contribution in [0.2, 0.25) is 0 Å². The molecule has 126 valence electrons. The van der Waals surface area contributed by atoms with Gasteiger partial charge >= 0.3 is 0 Å². The Morgan fingerprint density at radius 1 is 1.21 bits per heavy atom. The third kappa shape index (κ3) is 2.77. The number of amides is 1. The second kappa shape index (κ2) is 6.07. The fourth-order valence-corrected chi connectivity index (χ4v) is 3.24. The predicted molar refractivity (Wildman–Crippen MR) is 85.8 cm³/mol. The van der Waals surface area contributed by atoms with Crippen LogP contribution < -0.4 is 15.2 Å². The van der Waals surface area contributed by atoms with Gasteiger partial charge in [-0.1, -0.05) is 17.3 Å². The maximum atomic E-state index is 12.7. The smallest absolute Gasteiger partial charge is 0.267 e. The first-order valence-corrected chi connectivity index (χ1v) is 8.10. The van der Waals surface area contributed by atoms with Crippen LogP contribution in [-0.2, 0) is 4.79 Å². The number of benzene rings is 1. The Bertz CT molecular complexity index is 737. The van der Waals surface area contributed by atoms with Crippen molar-refractivity contribution < 1.29 is 18.8 Å². The molecule has 4 rings (SSSR count). The third-order valence-corrected chi connectivity index (χ3v) is 4.56. The lowest BCUT2D eigenvalue weighted by Gasteiger charge is -2.34. The summed E-state index contributed by atoms with van der Waals surface area (Å²) in [4.78, 5) is 14.5. The molecule has 0 bridgehead atoms. The monoisotopic (exact) mass is 329 g/mol. The van der Waals surface area contributed by atoms with E-state index in [9.17, 15) is 4.79 Å². The number of carbonyl (C=O) groups excluding carboxylic acids is 1. The van der Waals surface area contributed by atoms with Gasteiger partial charge in [-0.2, -0.15) is 0 Å². The van der Waals surface area contributed by atoms with Crippen LogP contribution in [0.25, 0.3) is 0 Å². The standard InChI is InChI=1S/C17H19N3O4/c18-16-9-12(19-24-16)11-5-7-20(8-6-11)17(21)15-10-22-13-3-1-2-4-14(13)23-15/h1-4,9,11,15H,5-8,10,18H2. The van der Waals surface area contributed by atoms with Crippen LogP contribution in [0.15, 0.2) is 34.9 Å². The summed E-state index contributed by atoms with van der Waals surface area (Å²) in [6, 6.07) is 9.16. The molecule has 0 aliphatic carbocycles. The molecule has 1 atom stereocenters. The van der Waals surface area contributed by atoms with Gasteiger partial charge in [0.15, 0.2) is 11.5 Å². The van der Waals surface area contributed by atoms with E-state index in [-0.39, 0.29) is 18.4 Å². The molecule has 2 aliphatic heterocycles. The highest BCUT2D eigenvalue weighted by Gasteiger charge is 2.33. The molecule has 1 amide bonds. The van der Waals surface area contributed by atoms with Gasteiger partial charge in [-0.25, -0.2) is 0 Å². The number of carbonyl (C=O) groups is 1.